The number of hydrogen-bond donors (Lipinski definition) is 2. The number of rotatable bonds is 3. The Bertz CT molecular complexity index is 556. The Morgan fingerprint density at radius 3 is 2.57 bits per heavy atom. The number of nitrogen functional groups attached to an aromatic ring is 1. The van der Waals surface area contributed by atoms with Crippen LogP contribution in [0.2, 0.25) is 0 Å². The highest BCUT2D eigenvalue weighted by Crippen LogP contribution is 2.28. The number of carbonyl (C=O) groups excluding carboxylic acids is 1. The van der Waals surface area contributed by atoms with Crippen molar-refractivity contribution in [2.45, 2.75) is 24.3 Å². The Morgan fingerprint density at radius 2 is 2.05 bits per heavy atom. The Kier molecular flexibility index (Phi) is 4.69. The van der Waals surface area contributed by atoms with E-state index < -0.39 is 4.92 Å². The fourth-order valence-corrected chi connectivity index (χ4v) is 3.80. The van der Waals surface area contributed by atoms with Crippen LogP contribution in [0.25, 0.3) is 0 Å². The van der Waals surface area contributed by atoms with Gasteiger partial charge in [-0.15, -0.1) is 0 Å². The van der Waals surface area contributed by atoms with Crippen molar-refractivity contribution in [3.63, 3.8) is 0 Å². The fourth-order valence-electron chi connectivity index (χ4n) is 2.47. The molecule has 1 fully saturated rings. The third-order valence-electron chi connectivity index (χ3n) is 3.30. The van der Waals surface area contributed by atoms with Gasteiger partial charge >= 0.3 is 0 Å². The van der Waals surface area contributed by atoms with Crippen molar-refractivity contribution in [3.05, 3.63) is 33.9 Å². The lowest BCUT2D eigenvalue weighted by Gasteiger charge is -2.34. The summed E-state index contributed by atoms with van der Waals surface area (Å²) >= 11 is 1.86. The van der Waals surface area contributed by atoms with Gasteiger partial charge in [-0.2, -0.15) is 11.8 Å². The molecule has 1 aliphatic heterocycles. The van der Waals surface area contributed by atoms with Gasteiger partial charge in [-0.3, -0.25) is 20.8 Å². The normalized spacial score (nSPS) is 22.0. The van der Waals surface area contributed by atoms with E-state index in [1.165, 1.54) is 18.2 Å². The predicted octanol–water partition coefficient (Wildman–Crippen LogP) is 1.85. The van der Waals surface area contributed by atoms with Gasteiger partial charge in [0.25, 0.3) is 11.6 Å². The lowest BCUT2D eigenvalue weighted by atomic mass is 10.1. The van der Waals surface area contributed by atoms with Gasteiger partial charge in [-0.05, 0) is 12.1 Å². The lowest BCUT2D eigenvalue weighted by Crippen LogP contribution is -2.44. The highest BCUT2D eigenvalue weighted by atomic mass is 32.2. The van der Waals surface area contributed by atoms with Crippen molar-refractivity contribution >= 4 is 29.0 Å². The van der Waals surface area contributed by atoms with Gasteiger partial charge < -0.3 is 10.3 Å². The van der Waals surface area contributed by atoms with E-state index in [9.17, 15) is 14.9 Å². The number of nitrogens with two attached hydrogens (primary N) is 1. The molecule has 0 spiro atoms. The molecule has 1 saturated heterocycles. The molecular formula is C13H18N4O3S. The molecule has 0 aromatic heterocycles. The third kappa shape index (κ3) is 3.45. The first kappa shape index (κ1) is 15.6. The number of hydrogen-bond acceptors (Lipinski definition) is 6. The van der Waals surface area contributed by atoms with Crippen molar-refractivity contribution in [2.75, 3.05) is 18.5 Å². The number of amides is 1. The molecule has 0 aliphatic carbocycles. The second kappa shape index (κ2) is 6.31. The van der Waals surface area contributed by atoms with Crippen molar-refractivity contribution in [2.24, 2.45) is 5.84 Å². The van der Waals surface area contributed by atoms with Crippen LogP contribution < -0.4 is 11.3 Å². The zero-order valence-electron chi connectivity index (χ0n) is 11.9. The number of anilines is 1. The molecule has 0 saturated carbocycles. The van der Waals surface area contributed by atoms with Crippen LogP contribution in [0.1, 0.15) is 24.2 Å². The SMILES string of the molecule is CC1CN(C(=O)c2ccc([N+](=O)[O-])c(NN)c2)CC(C)S1. The molecule has 1 amide bonds. The molecule has 2 unspecified atom stereocenters. The van der Waals surface area contributed by atoms with Crippen LogP contribution in [-0.2, 0) is 0 Å². The molecule has 1 aromatic carbocycles. The second-order valence-corrected chi connectivity index (χ2v) is 6.98. The molecule has 3 N–H and O–H groups in total. The fraction of sp³-hybridized carbons (Fsp3) is 0.462. The van der Waals surface area contributed by atoms with E-state index in [0.717, 1.165) is 0 Å². The van der Waals surface area contributed by atoms with Crippen LogP contribution in [0, 0.1) is 10.1 Å². The molecule has 1 heterocycles. The van der Waals surface area contributed by atoms with Crippen LogP contribution in [0.3, 0.4) is 0 Å². The summed E-state index contributed by atoms with van der Waals surface area (Å²) < 4.78 is 0. The Labute approximate surface area is 127 Å². The van der Waals surface area contributed by atoms with E-state index in [4.69, 9.17) is 5.84 Å². The Morgan fingerprint density at radius 1 is 1.43 bits per heavy atom. The van der Waals surface area contributed by atoms with Crippen molar-refractivity contribution in [1.29, 1.82) is 0 Å². The number of nitro groups is 1. The monoisotopic (exact) mass is 310 g/mol. The standard InChI is InChI=1S/C13H18N4O3S/c1-8-6-16(7-9(2)21-8)13(18)10-3-4-12(17(19)20)11(5-10)15-14/h3-5,8-9,15H,6-7,14H2,1-2H3. The van der Waals surface area contributed by atoms with E-state index in [0.29, 0.717) is 29.2 Å². The topological polar surface area (TPSA) is 102 Å². The minimum absolute atomic E-state index is 0.125. The predicted molar refractivity (Wildman–Crippen MR) is 83.3 cm³/mol. The number of hydrazine groups is 1. The number of nitro benzene ring substituents is 1. The van der Waals surface area contributed by atoms with E-state index in [1.807, 2.05) is 11.8 Å². The molecule has 7 nitrogen and oxygen atoms in total. The Hall–Kier alpha value is -1.80. The summed E-state index contributed by atoms with van der Waals surface area (Å²) in [5, 5.41) is 11.6. The maximum Gasteiger partial charge on any atom is 0.293 e. The lowest BCUT2D eigenvalue weighted by molar-refractivity contribution is -0.384. The van der Waals surface area contributed by atoms with Crippen LogP contribution in [0.5, 0.6) is 0 Å². The number of carbonyl (C=O) groups is 1. The second-order valence-electron chi connectivity index (χ2n) is 5.10. The number of nitrogens with one attached hydrogen (secondary N) is 1. The molecule has 2 atom stereocenters. The summed E-state index contributed by atoms with van der Waals surface area (Å²) in [5.41, 5.74) is 2.67. The number of thioether (sulfide) groups is 1. The maximum atomic E-state index is 12.5. The van der Waals surface area contributed by atoms with Crippen molar-refractivity contribution < 1.29 is 9.72 Å². The van der Waals surface area contributed by atoms with Crippen molar-refractivity contribution in [3.8, 4) is 0 Å². The number of benzene rings is 1. The summed E-state index contributed by atoms with van der Waals surface area (Å²) in [6, 6.07) is 4.20. The molecule has 0 radical (unpaired) electrons. The summed E-state index contributed by atoms with van der Waals surface area (Å²) in [7, 11) is 0. The van der Waals surface area contributed by atoms with Crippen LogP contribution >= 0.6 is 11.8 Å². The minimum Gasteiger partial charge on any atom is -0.336 e. The minimum atomic E-state index is -0.537. The highest BCUT2D eigenvalue weighted by molar-refractivity contribution is 8.00. The van der Waals surface area contributed by atoms with E-state index in [2.05, 4.69) is 19.3 Å². The van der Waals surface area contributed by atoms with Crippen LogP contribution in [0.15, 0.2) is 18.2 Å². The molecule has 114 valence electrons. The zero-order chi connectivity index (χ0) is 15.6. The molecule has 2 rings (SSSR count). The smallest absolute Gasteiger partial charge is 0.293 e. The summed E-state index contributed by atoms with van der Waals surface area (Å²) in [6.45, 7) is 5.53. The molecule has 1 aliphatic rings. The quantitative estimate of drug-likeness (QED) is 0.502. The Balaban J connectivity index is 2.25. The van der Waals surface area contributed by atoms with Gasteiger partial charge in [0, 0.05) is 35.2 Å². The van der Waals surface area contributed by atoms with Crippen LogP contribution in [-0.4, -0.2) is 39.3 Å². The third-order valence-corrected chi connectivity index (χ3v) is 4.53. The summed E-state index contributed by atoms with van der Waals surface area (Å²) in [4.78, 5) is 24.6. The van der Waals surface area contributed by atoms with Crippen molar-refractivity contribution in [1.82, 2.24) is 4.90 Å². The van der Waals surface area contributed by atoms with Gasteiger partial charge in [0.15, 0.2) is 0 Å². The molecule has 21 heavy (non-hydrogen) atoms. The van der Waals surface area contributed by atoms with Gasteiger partial charge in [0.2, 0.25) is 0 Å². The van der Waals surface area contributed by atoms with E-state index >= 15 is 0 Å². The van der Waals surface area contributed by atoms with E-state index in [-0.39, 0.29) is 17.3 Å². The largest absolute Gasteiger partial charge is 0.336 e. The van der Waals surface area contributed by atoms with Gasteiger partial charge in [-0.1, -0.05) is 13.8 Å². The molecule has 8 heteroatoms. The zero-order valence-corrected chi connectivity index (χ0v) is 12.7. The first-order valence-corrected chi connectivity index (χ1v) is 7.56. The van der Waals surface area contributed by atoms with E-state index in [1.54, 1.807) is 4.90 Å². The average Bonchev–Trinajstić information content (AvgIpc) is 2.44. The first-order valence-electron chi connectivity index (χ1n) is 6.62. The maximum absolute atomic E-state index is 12.5. The van der Waals surface area contributed by atoms with Gasteiger partial charge in [0.1, 0.15) is 5.69 Å². The highest BCUT2D eigenvalue weighted by Gasteiger charge is 2.27. The van der Waals surface area contributed by atoms with Gasteiger partial charge in [0.05, 0.1) is 4.92 Å². The summed E-state index contributed by atoms with van der Waals surface area (Å²) in [5.74, 6) is 5.17. The average molecular weight is 310 g/mol. The first-order chi connectivity index (χ1) is 9.92. The van der Waals surface area contributed by atoms with Gasteiger partial charge in [-0.25, -0.2) is 0 Å². The van der Waals surface area contributed by atoms with Crippen LogP contribution in [0.4, 0.5) is 11.4 Å². The number of nitrogens with zero attached hydrogens (tertiary/aromatic N) is 2. The molecular weight excluding hydrogens is 292 g/mol. The molecule has 1 aromatic rings. The molecule has 0 bridgehead atoms. The summed E-state index contributed by atoms with van der Waals surface area (Å²) in [6.07, 6.45) is 0.